The molecule has 0 saturated heterocycles. The maximum Gasteiger partial charge on any atom is 0.249 e. The molecule has 0 spiro atoms. The lowest BCUT2D eigenvalue weighted by molar-refractivity contribution is -0.127. The number of amides is 2. The molecular weight excluding hydrogens is 502 g/mol. The normalized spacial score (nSPS) is 11.7. The van der Waals surface area contributed by atoms with E-state index in [1.165, 1.54) is 16.5 Å². The number of aryl methyl sites for hydroxylation is 1. The Hall–Kier alpha value is -5.11. The van der Waals surface area contributed by atoms with E-state index < -0.39 is 6.04 Å². The average Bonchev–Trinajstić information content (AvgIpc) is 3.38. The van der Waals surface area contributed by atoms with Gasteiger partial charge in [0.1, 0.15) is 18.1 Å². The van der Waals surface area contributed by atoms with Crippen LogP contribution in [-0.2, 0) is 22.7 Å². The smallest absolute Gasteiger partial charge is 0.249 e. The first kappa shape index (κ1) is 26.5. The van der Waals surface area contributed by atoms with E-state index in [0.717, 1.165) is 11.1 Å². The molecule has 1 N–H and O–H groups in total. The first-order chi connectivity index (χ1) is 19.4. The SMILES string of the molecule is CC(=O)c1ccc(N(C(=O)Cn2nnc3ccccc32)[C@H](C(=O)NCc2ccccc2)c2ccccc2C)cc1. The van der Waals surface area contributed by atoms with Gasteiger partial charge in [-0.1, -0.05) is 71.9 Å². The molecule has 0 aliphatic rings. The summed E-state index contributed by atoms with van der Waals surface area (Å²) >= 11 is 0. The summed E-state index contributed by atoms with van der Waals surface area (Å²) in [6, 6.07) is 30.3. The van der Waals surface area contributed by atoms with Gasteiger partial charge in [0.2, 0.25) is 11.8 Å². The molecule has 0 saturated carbocycles. The van der Waals surface area contributed by atoms with Crippen LogP contribution in [0.4, 0.5) is 5.69 Å². The number of nitrogens with one attached hydrogen (secondary N) is 1. The highest BCUT2D eigenvalue weighted by Crippen LogP contribution is 2.31. The summed E-state index contributed by atoms with van der Waals surface area (Å²) in [5.74, 6) is -0.769. The lowest BCUT2D eigenvalue weighted by Crippen LogP contribution is -2.45. The molecule has 5 rings (SSSR count). The molecule has 1 atom stereocenters. The molecule has 0 aliphatic heterocycles. The number of para-hydroxylation sites is 1. The molecule has 40 heavy (non-hydrogen) atoms. The van der Waals surface area contributed by atoms with Crippen LogP contribution in [0.2, 0.25) is 0 Å². The summed E-state index contributed by atoms with van der Waals surface area (Å²) in [5.41, 5.74) is 4.89. The summed E-state index contributed by atoms with van der Waals surface area (Å²) in [6.07, 6.45) is 0. The number of carbonyl (C=O) groups excluding carboxylic acids is 3. The van der Waals surface area contributed by atoms with E-state index in [1.54, 1.807) is 24.3 Å². The maximum absolute atomic E-state index is 14.2. The molecule has 8 heteroatoms. The molecule has 8 nitrogen and oxygen atoms in total. The third kappa shape index (κ3) is 5.66. The van der Waals surface area contributed by atoms with Crippen molar-refractivity contribution in [3.05, 3.63) is 125 Å². The summed E-state index contributed by atoms with van der Waals surface area (Å²) < 4.78 is 1.53. The van der Waals surface area contributed by atoms with Gasteiger partial charge in [0, 0.05) is 17.8 Å². The standard InChI is InChI=1S/C32H29N5O3/c1-22-10-6-7-13-27(22)31(32(40)33-20-24-11-4-3-5-12-24)37(26-18-16-25(17-19-26)23(2)38)30(39)21-36-29-15-9-8-14-28(29)34-35-36/h3-19,31H,20-21H2,1-2H3,(H,33,40)/t31-/m0/s1. The minimum Gasteiger partial charge on any atom is -0.350 e. The van der Waals surface area contributed by atoms with Crippen LogP contribution in [-0.4, -0.2) is 32.6 Å². The number of nitrogens with zero attached hydrogens (tertiary/aromatic N) is 4. The zero-order valence-electron chi connectivity index (χ0n) is 22.3. The predicted octanol–water partition coefficient (Wildman–Crippen LogP) is 5.03. The number of ketones is 1. The first-order valence-corrected chi connectivity index (χ1v) is 13.0. The number of anilines is 1. The second kappa shape index (κ2) is 11.7. The van der Waals surface area contributed by atoms with E-state index >= 15 is 0 Å². The fourth-order valence-electron chi connectivity index (χ4n) is 4.71. The number of benzene rings is 4. The van der Waals surface area contributed by atoms with Crippen LogP contribution >= 0.6 is 0 Å². The van der Waals surface area contributed by atoms with Crippen LogP contribution in [0.3, 0.4) is 0 Å². The van der Waals surface area contributed by atoms with E-state index in [4.69, 9.17) is 0 Å². The van der Waals surface area contributed by atoms with Crippen molar-refractivity contribution in [3.63, 3.8) is 0 Å². The molecule has 0 unspecified atom stereocenters. The number of hydrogen-bond donors (Lipinski definition) is 1. The van der Waals surface area contributed by atoms with Crippen molar-refractivity contribution in [2.75, 3.05) is 4.90 Å². The van der Waals surface area contributed by atoms with Crippen LogP contribution in [0.15, 0.2) is 103 Å². The summed E-state index contributed by atoms with van der Waals surface area (Å²) in [4.78, 5) is 41.6. The number of aromatic nitrogens is 3. The maximum atomic E-state index is 14.2. The third-order valence-electron chi connectivity index (χ3n) is 6.83. The molecule has 2 amide bonds. The Bertz CT molecular complexity index is 1660. The minimum atomic E-state index is -0.977. The molecule has 0 fully saturated rings. The van der Waals surface area contributed by atoms with Crippen molar-refractivity contribution in [2.45, 2.75) is 33.0 Å². The van der Waals surface area contributed by atoms with E-state index in [-0.39, 0.29) is 24.1 Å². The molecule has 5 aromatic rings. The van der Waals surface area contributed by atoms with Crippen molar-refractivity contribution in [1.29, 1.82) is 0 Å². The molecular formula is C32H29N5O3. The predicted molar refractivity (Wildman–Crippen MR) is 154 cm³/mol. The average molecular weight is 532 g/mol. The Labute approximate surface area is 232 Å². The van der Waals surface area contributed by atoms with E-state index in [0.29, 0.717) is 34.4 Å². The van der Waals surface area contributed by atoms with Gasteiger partial charge in [0.15, 0.2) is 5.78 Å². The van der Waals surface area contributed by atoms with Crippen molar-refractivity contribution in [2.24, 2.45) is 0 Å². The molecule has 1 heterocycles. The molecule has 0 aliphatic carbocycles. The van der Waals surface area contributed by atoms with Crippen LogP contribution in [0.1, 0.15) is 40.0 Å². The number of fused-ring (bicyclic) bond motifs is 1. The summed E-state index contributed by atoms with van der Waals surface area (Å²) in [7, 11) is 0. The van der Waals surface area contributed by atoms with Gasteiger partial charge in [-0.15, -0.1) is 5.10 Å². The topological polar surface area (TPSA) is 97.2 Å². The van der Waals surface area contributed by atoms with Crippen molar-refractivity contribution in [1.82, 2.24) is 20.3 Å². The molecule has 200 valence electrons. The zero-order valence-corrected chi connectivity index (χ0v) is 22.3. The van der Waals surface area contributed by atoms with Crippen molar-refractivity contribution >= 4 is 34.3 Å². The lowest BCUT2D eigenvalue weighted by atomic mass is 9.97. The van der Waals surface area contributed by atoms with E-state index in [1.807, 2.05) is 85.8 Å². The highest BCUT2D eigenvalue weighted by Gasteiger charge is 2.34. The largest absolute Gasteiger partial charge is 0.350 e. The minimum absolute atomic E-state index is 0.0884. The molecule has 0 radical (unpaired) electrons. The van der Waals surface area contributed by atoms with Crippen LogP contribution in [0.5, 0.6) is 0 Å². The van der Waals surface area contributed by atoms with Gasteiger partial charge in [0.05, 0.1) is 5.52 Å². The van der Waals surface area contributed by atoms with E-state index in [2.05, 4.69) is 15.6 Å². The summed E-state index contributed by atoms with van der Waals surface area (Å²) in [5, 5.41) is 11.4. The highest BCUT2D eigenvalue weighted by atomic mass is 16.2. The van der Waals surface area contributed by atoms with Gasteiger partial charge >= 0.3 is 0 Å². The van der Waals surface area contributed by atoms with Gasteiger partial charge < -0.3 is 5.32 Å². The number of hydrogen-bond acceptors (Lipinski definition) is 5. The van der Waals surface area contributed by atoms with Gasteiger partial charge in [-0.25, -0.2) is 4.68 Å². The van der Waals surface area contributed by atoms with E-state index in [9.17, 15) is 14.4 Å². The van der Waals surface area contributed by atoms with Gasteiger partial charge in [-0.3, -0.25) is 19.3 Å². The Morgan fingerprint density at radius 3 is 2.25 bits per heavy atom. The monoisotopic (exact) mass is 531 g/mol. The Morgan fingerprint density at radius 2 is 1.52 bits per heavy atom. The highest BCUT2D eigenvalue weighted by molar-refractivity contribution is 6.02. The fourth-order valence-corrected chi connectivity index (χ4v) is 4.71. The zero-order chi connectivity index (χ0) is 28.1. The van der Waals surface area contributed by atoms with Gasteiger partial charge in [0.25, 0.3) is 0 Å². The number of carbonyl (C=O) groups is 3. The number of rotatable bonds is 9. The van der Waals surface area contributed by atoms with Crippen LogP contribution in [0.25, 0.3) is 11.0 Å². The number of Topliss-reactive ketones (excluding diaryl/α,β-unsaturated/α-hetero) is 1. The van der Waals surface area contributed by atoms with Crippen molar-refractivity contribution < 1.29 is 14.4 Å². The van der Waals surface area contributed by atoms with Gasteiger partial charge in [-0.2, -0.15) is 0 Å². The van der Waals surface area contributed by atoms with Crippen LogP contribution < -0.4 is 10.2 Å². The second-order valence-electron chi connectivity index (χ2n) is 9.57. The lowest BCUT2D eigenvalue weighted by Gasteiger charge is -2.32. The summed E-state index contributed by atoms with van der Waals surface area (Å²) in [6.45, 7) is 3.57. The Kier molecular flexibility index (Phi) is 7.77. The fraction of sp³-hybridized carbons (Fsp3) is 0.156. The Balaban J connectivity index is 1.58. The molecule has 0 bridgehead atoms. The molecule has 1 aromatic heterocycles. The van der Waals surface area contributed by atoms with Gasteiger partial charge in [-0.05, 0) is 66.9 Å². The molecule has 4 aromatic carbocycles. The van der Waals surface area contributed by atoms with Crippen molar-refractivity contribution in [3.8, 4) is 0 Å². The first-order valence-electron chi connectivity index (χ1n) is 13.0. The second-order valence-corrected chi connectivity index (χ2v) is 9.57. The van der Waals surface area contributed by atoms with Crippen LogP contribution in [0, 0.1) is 6.92 Å². The Morgan fingerprint density at radius 1 is 0.850 bits per heavy atom. The third-order valence-corrected chi connectivity index (χ3v) is 6.83. The quantitative estimate of drug-likeness (QED) is 0.269.